The van der Waals surface area contributed by atoms with Crippen molar-refractivity contribution in [1.29, 1.82) is 0 Å². The van der Waals surface area contributed by atoms with E-state index in [0.717, 1.165) is 17.0 Å². The van der Waals surface area contributed by atoms with E-state index in [0.29, 0.717) is 6.07 Å². The zero-order chi connectivity index (χ0) is 16.2. The maximum absolute atomic E-state index is 13.9. The minimum atomic E-state index is -4.89. The number of nitrogens with one attached hydrogen (secondary N) is 1. The van der Waals surface area contributed by atoms with E-state index >= 15 is 0 Å². The van der Waals surface area contributed by atoms with Gasteiger partial charge >= 0.3 is 6.18 Å². The van der Waals surface area contributed by atoms with E-state index in [1.54, 1.807) is 0 Å². The molecule has 8 heteroatoms. The fraction of sp³-hybridized carbons (Fsp3) is 0.385. The molecule has 0 atom stereocenters. The number of halogens is 4. The second-order valence-corrected chi connectivity index (χ2v) is 4.16. The summed E-state index contributed by atoms with van der Waals surface area (Å²) in [4.78, 5) is 24.3. The summed E-state index contributed by atoms with van der Waals surface area (Å²) in [5, 5.41) is 2.28. The van der Waals surface area contributed by atoms with Crippen LogP contribution in [-0.4, -0.2) is 36.9 Å². The summed E-state index contributed by atoms with van der Waals surface area (Å²) in [5.74, 6) is -3.10. The Bertz CT molecular complexity index is 543. The molecule has 0 aliphatic carbocycles. The van der Waals surface area contributed by atoms with Crippen LogP contribution in [0.4, 0.5) is 17.6 Å². The van der Waals surface area contributed by atoms with E-state index in [1.165, 1.54) is 14.0 Å². The summed E-state index contributed by atoms with van der Waals surface area (Å²) in [6.45, 7) is 1.23. The van der Waals surface area contributed by atoms with Gasteiger partial charge in [0.25, 0.3) is 5.91 Å². The lowest BCUT2D eigenvalue weighted by Crippen LogP contribution is -2.40. The number of benzene rings is 1. The topological polar surface area (TPSA) is 49.4 Å². The molecule has 4 nitrogen and oxygen atoms in total. The molecule has 0 unspecified atom stereocenters. The highest BCUT2D eigenvalue weighted by atomic mass is 19.4. The maximum Gasteiger partial charge on any atom is 0.419 e. The first-order valence-electron chi connectivity index (χ1n) is 6.07. The van der Waals surface area contributed by atoms with Gasteiger partial charge in [-0.05, 0) is 19.1 Å². The van der Waals surface area contributed by atoms with Crippen LogP contribution in [0.3, 0.4) is 0 Å². The molecule has 0 aromatic heterocycles. The van der Waals surface area contributed by atoms with Crippen molar-refractivity contribution in [3.05, 3.63) is 35.1 Å². The second kappa shape index (κ2) is 6.55. The van der Waals surface area contributed by atoms with Crippen LogP contribution in [0.15, 0.2) is 18.2 Å². The highest BCUT2D eigenvalue weighted by molar-refractivity contribution is 5.96. The van der Waals surface area contributed by atoms with Gasteiger partial charge in [-0.1, -0.05) is 6.07 Å². The number of carbonyl (C=O) groups excluding carboxylic acids is 2. The van der Waals surface area contributed by atoms with Gasteiger partial charge in [-0.3, -0.25) is 9.59 Å². The lowest BCUT2D eigenvalue weighted by Gasteiger charge is -2.21. The Kier molecular flexibility index (Phi) is 5.28. The molecule has 0 aliphatic rings. The molecule has 1 N–H and O–H groups in total. The quantitative estimate of drug-likeness (QED) is 0.866. The minimum Gasteiger partial charge on any atom is -0.358 e. The Morgan fingerprint density at radius 1 is 1.29 bits per heavy atom. The average Bonchev–Trinajstić information content (AvgIpc) is 2.42. The normalized spacial score (nSPS) is 11.1. The average molecular weight is 306 g/mol. The second-order valence-electron chi connectivity index (χ2n) is 4.16. The molecule has 0 spiro atoms. The standard InChI is InChI=1S/C13H14F4N2O2/c1-3-19(7-10(20)18-2)12(21)8-5-4-6-9(11(8)14)13(15,16)17/h4-6H,3,7H2,1-2H3,(H,18,20). The van der Waals surface area contributed by atoms with E-state index in [-0.39, 0.29) is 13.1 Å². The summed E-state index contributed by atoms with van der Waals surface area (Å²) in [5.41, 5.74) is -2.22. The van der Waals surface area contributed by atoms with Crippen molar-refractivity contribution >= 4 is 11.8 Å². The molecule has 0 fully saturated rings. The van der Waals surface area contributed by atoms with Gasteiger partial charge in [0.05, 0.1) is 17.7 Å². The van der Waals surface area contributed by atoms with Gasteiger partial charge in [0.15, 0.2) is 0 Å². The molecule has 0 saturated carbocycles. The van der Waals surface area contributed by atoms with E-state index in [2.05, 4.69) is 5.32 Å². The number of likely N-dealkylation sites (N-methyl/N-ethyl adjacent to an activating group) is 2. The third-order valence-corrected chi connectivity index (χ3v) is 2.82. The Labute approximate surface area is 118 Å². The third-order valence-electron chi connectivity index (χ3n) is 2.82. The van der Waals surface area contributed by atoms with Crippen LogP contribution in [0.5, 0.6) is 0 Å². The minimum absolute atomic E-state index is 0.0575. The number of hydrogen-bond acceptors (Lipinski definition) is 2. The van der Waals surface area contributed by atoms with Crippen LogP contribution in [0.1, 0.15) is 22.8 Å². The number of rotatable bonds is 4. The predicted molar refractivity (Wildman–Crippen MR) is 67.0 cm³/mol. The molecular formula is C13H14F4N2O2. The number of hydrogen-bond donors (Lipinski definition) is 1. The van der Waals surface area contributed by atoms with Gasteiger partial charge in [0.1, 0.15) is 5.82 Å². The van der Waals surface area contributed by atoms with E-state index in [9.17, 15) is 27.2 Å². The van der Waals surface area contributed by atoms with Crippen LogP contribution >= 0.6 is 0 Å². The lowest BCUT2D eigenvalue weighted by atomic mass is 10.1. The predicted octanol–water partition coefficient (Wildman–Crippen LogP) is 2.05. The molecule has 21 heavy (non-hydrogen) atoms. The van der Waals surface area contributed by atoms with Gasteiger partial charge in [-0.2, -0.15) is 13.2 Å². The zero-order valence-electron chi connectivity index (χ0n) is 11.4. The molecule has 0 heterocycles. The Morgan fingerprint density at radius 3 is 2.38 bits per heavy atom. The van der Waals surface area contributed by atoms with Crippen molar-refractivity contribution in [2.45, 2.75) is 13.1 Å². The van der Waals surface area contributed by atoms with Crippen LogP contribution in [0, 0.1) is 5.82 Å². The molecule has 116 valence electrons. The first kappa shape index (κ1) is 16.9. The summed E-state index contributed by atoms with van der Waals surface area (Å²) in [7, 11) is 1.35. The van der Waals surface area contributed by atoms with Crippen molar-refractivity contribution in [2.24, 2.45) is 0 Å². The van der Waals surface area contributed by atoms with Gasteiger partial charge in [-0.15, -0.1) is 0 Å². The lowest BCUT2D eigenvalue weighted by molar-refractivity contribution is -0.140. The van der Waals surface area contributed by atoms with E-state index < -0.39 is 34.9 Å². The molecular weight excluding hydrogens is 292 g/mol. The van der Waals surface area contributed by atoms with E-state index in [4.69, 9.17) is 0 Å². The van der Waals surface area contributed by atoms with Crippen molar-refractivity contribution in [3.8, 4) is 0 Å². The summed E-state index contributed by atoms with van der Waals surface area (Å²) in [6, 6.07) is 2.47. The highest BCUT2D eigenvalue weighted by Crippen LogP contribution is 2.32. The third kappa shape index (κ3) is 3.93. The van der Waals surface area contributed by atoms with Crippen molar-refractivity contribution in [1.82, 2.24) is 10.2 Å². The maximum atomic E-state index is 13.9. The fourth-order valence-corrected chi connectivity index (χ4v) is 1.67. The van der Waals surface area contributed by atoms with Gasteiger partial charge < -0.3 is 10.2 Å². The van der Waals surface area contributed by atoms with Crippen LogP contribution < -0.4 is 5.32 Å². The first-order valence-corrected chi connectivity index (χ1v) is 6.07. The molecule has 0 bridgehead atoms. The smallest absolute Gasteiger partial charge is 0.358 e. The molecule has 0 saturated heterocycles. The Hall–Kier alpha value is -2.12. The Balaban J connectivity index is 3.15. The summed E-state index contributed by atoms with van der Waals surface area (Å²) in [6.07, 6.45) is -4.89. The number of amides is 2. The zero-order valence-corrected chi connectivity index (χ0v) is 11.4. The fourth-order valence-electron chi connectivity index (χ4n) is 1.67. The molecule has 0 aliphatic heterocycles. The van der Waals surface area contributed by atoms with Crippen molar-refractivity contribution in [3.63, 3.8) is 0 Å². The van der Waals surface area contributed by atoms with Crippen LogP contribution in [0.25, 0.3) is 0 Å². The van der Waals surface area contributed by atoms with Gasteiger partial charge in [0, 0.05) is 13.6 Å². The molecule has 2 amide bonds. The SMILES string of the molecule is CCN(CC(=O)NC)C(=O)c1cccc(C(F)(F)F)c1F. The van der Waals surface area contributed by atoms with Gasteiger partial charge in [-0.25, -0.2) is 4.39 Å². The first-order chi connectivity index (χ1) is 9.72. The Morgan fingerprint density at radius 2 is 1.90 bits per heavy atom. The van der Waals surface area contributed by atoms with E-state index in [1.807, 2.05) is 0 Å². The van der Waals surface area contributed by atoms with Crippen LogP contribution in [0.2, 0.25) is 0 Å². The number of carbonyl (C=O) groups is 2. The van der Waals surface area contributed by atoms with Crippen LogP contribution in [-0.2, 0) is 11.0 Å². The number of alkyl halides is 3. The molecule has 0 radical (unpaired) electrons. The number of nitrogens with zero attached hydrogens (tertiary/aromatic N) is 1. The highest BCUT2D eigenvalue weighted by Gasteiger charge is 2.36. The van der Waals surface area contributed by atoms with Crippen molar-refractivity contribution in [2.75, 3.05) is 20.1 Å². The van der Waals surface area contributed by atoms with Crippen molar-refractivity contribution < 1.29 is 27.2 Å². The summed E-state index contributed by atoms with van der Waals surface area (Å²) < 4.78 is 51.7. The summed E-state index contributed by atoms with van der Waals surface area (Å²) >= 11 is 0. The molecule has 1 aromatic carbocycles. The monoisotopic (exact) mass is 306 g/mol. The molecule has 1 rings (SSSR count). The molecule has 1 aromatic rings. The van der Waals surface area contributed by atoms with Gasteiger partial charge in [0.2, 0.25) is 5.91 Å². The largest absolute Gasteiger partial charge is 0.419 e.